The Kier molecular flexibility index (Phi) is 6.20. The van der Waals surface area contributed by atoms with Crippen molar-refractivity contribution in [3.63, 3.8) is 0 Å². The number of nitrogens with zero attached hydrogens (tertiary/aromatic N) is 3. The zero-order valence-electron chi connectivity index (χ0n) is 17.5. The van der Waals surface area contributed by atoms with Gasteiger partial charge in [0.1, 0.15) is 15.9 Å². The molecule has 0 saturated heterocycles. The number of aryl methyl sites for hydroxylation is 2. The zero-order chi connectivity index (χ0) is 22.0. The van der Waals surface area contributed by atoms with E-state index in [4.69, 9.17) is 4.98 Å². The number of carbonyl (C=O) groups excluding carboxylic acids is 1. The third kappa shape index (κ3) is 4.55. The van der Waals surface area contributed by atoms with Crippen molar-refractivity contribution in [1.29, 1.82) is 0 Å². The van der Waals surface area contributed by atoms with Gasteiger partial charge < -0.3 is 5.32 Å². The number of hydrogen-bond acceptors (Lipinski definition) is 6. The van der Waals surface area contributed by atoms with E-state index < -0.39 is 0 Å². The molecular weight excluding hydrogens is 428 g/mol. The van der Waals surface area contributed by atoms with Gasteiger partial charge in [0, 0.05) is 17.8 Å². The minimum absolute atomic E-state index is 0.120. The quantitative estimate of drug-likeness (QED) is 0.334. The van der Waals surface area contributed by atoms with Gasteiger partial charge in [0.05, 0.1) is 5.75 Å². The normalized spacial score (nSPS) is 11.1. The van der Waals surface area contributed by atoms with E-state index in [2.05, 4.69) is 9.69 Å². The van der Waals surface area contributed by atoms with E-state index >= 15 is 0 Å². The van der Waals surface area contributed by atoms with Crippen molar-refractivity contribution in [2.75, 3.05) is 11.1 Å². The minimum atomic E-state index is -0.144. The third-order valence-corrected chi connectivity index (χ3v) is 6.62. The number of aromatic nitrogens is 3. The molecule has 2 aromatic carbocycles. The summed E-state index contributed by atoms with van der Waals surface area (Å²) in [6.07, 6.45) is 0. The van der Waals surface area contributed by atoms with Crippen molar-refractivity contribution in [1.82, 2.24) is 13.9 Å². The van der Waals surface area contributed by atoms with Crippen LogP contribution in [0.1, 0.15) is 18.1 Å². The molecule has 0 spiro atoms. The van der Waals surface area contributed by atoms with E-state index in [0.29, 0.717) is 27.6 Å². The first-order valence-electron chi connectivity index (χ1n) is 9.93. The number of hydrogen-bond donors (Lipinski definition) is 1. The lowest BCUT2D eigenvalue weighted by Crippen LogP contribution is -2.22. The van der Waals surface area contributed by atoms with Crippen LogP contribution in [0.15, 0.2) is 58.5 Å². The van der Waals surface area contributed by atoms with Crippen LogP contribution in [-0.2, 0) is 11.3 Å². The molecule has 1 amide bonds. The van der Waals surface area contributed by atoms with Crippen LogP contribution in [0.3, 0.4) is 0 Å². The number of nitrogens with one attached hydrogen (secondary N) is 1. The molecule has 6 nitrogen and oxygen atoms in total. The van der Waals surface area contributed by atoms with Crippen molar-refractivity contribution < 1.29 is 4.79 Å². The highest BCUT2D eigenvalue weighted by molar-refractivity contribution is 7.99. The monoisotopic (exact) mass is 450 g/mol. The Bertz CT molecular complexity index is 1310. The van der Waals surface area contributed by atoms with Crippen LogP contribution in [0, 0.1) is 13.8 Å². The summed E-state index contributed by atoms with van der Waals surface area (Å²) >= 11 is 2.43. The summed E-state index contributed by atoms with van der Waals surface area (Å²) in [6, 6.07) is 15.6. The molecule has 0 aliphatic heterocycles. The molecule has 0 aliphatic rings. The average molecular weight is 451 g/mol. The van der Waals surface area contributed by atoms with Gasteiger partial charge in [-0.15, -0.1) is 0 Å². The fourth-order valence-corrected chi connectivity index (χ4v) is 4.88. The highest BCUT2D eigenvalue weighted by Crippen LogP contribution is 2.29. The molecular formula is C23H22N4O2S2. The Labute approximate surface area is 188 Å². The lowest BCUT2D eigenvalue weighted by atomic mass is 10.1. The summed E-state index contributed by atoms with van der Waals surface area (Å²) in [6.45, 7) is 6.37. The summed E-state index contributed by atoms with van der Waals surface area (Å²) in [5.41, 5.74) is 5.07. The van der Waals surface area contributed by atoms with Crippen LogP contribution < -0.4 is 10.9 Å². The first-order chi connectivity index (χ1) is 15.0. The molecule has 8 heteroatoms. The molecule has 4 rings (SSSR count). The molecule has 0 saturated carbocycles. The van der Waals surface area contributed by atoms with Gasteiger partial charge in [0.2, 0.25) is 5.91 Å². The maximum absolute atomic E-state index is 13.0. The van der Waals surface area contributed by atoms with Crippen molar-refractivity contribution in [3.05, 3.63) is 70.0 Å². The van der Waals surface area contributed by atoms with Gasteiger partial charge in [0.25, 0.3) is 5.56 Å². The average Bonchev–Trinajstić information content (AvgIpc) is 3.17. The Balaban J connectivity index is 1.63. The second-order valence-electron chi connectivity index (χ2n) is 7.23. The topological polar surface area (TPSA) is 76.9 Å². The van der Waals surface area contributed by atoms with Gasteiger partial charge >= 0.3 is 0 Å². The van der Waals surface area contributed by atoms with E-state index in [1.807, 2.05) is 69.3 Å². The van der Waals surface area contributed by atoms with Crippen molar-refractivity contribution >= 4 is 45.1 Å². The molecule has 0 bridgehead atoms. The van der Waals surface area contributed by atoms with E-state index in [9.17, 15) is 9.59 Å². The van der Waals surface area contributed by atoms with Crippen LogP contribution >= 0.6 is 23.3 Å². The molecule has 2 aromatic heterocycles. The largest absolute Gasteiger partial charge is 0.325 e. The second-order valence-corrected chi connectivity index (χ2v) is 8.94. The lowest BCUT2D eigenvalue weighted by Gasteiger charge is -2.10. The molecule has 4 aromatic rings. The first-order valence-corrected chi connectivity index (χ1v) is 11.7. The highest BCUT2D eigenvalue weighted by Gasteiger charge is 2.18. The van der Waals surface area contributed by atoms with Crippen molar-refractivity contribution in [2.45, 2.75) is 32.5 Å². The van der Waals surface area contributed by atoms with Crippen molar-refractivity contribution in [2.24, 2.45) is 0 Å². The van der Waals surface area contributed by atoms with E-state index in [0.717, 1.165) is 22.4 Å². The van der Waals surface area contributed by atoms with Gasteiger partial charge in [-0.2, -0.15) is 4.37 Å². The Morgan fingerprint density at radius 2 is 1.90 bits per heavy atom. The summed E-state index contributed by atoms with van der Waals surface area (Å²) in [5.74, 6) is 0.0124. The summed E-state index contributed by atoms with van der Waals surface area (Å²) in [7, 11) is 0. The number of thioether (sulfide) groups is 1. The molecule has 0 unspecified atom stereocenters. The molecule has 0 fully saturated rings. The lowest BCUT2D eigenvalue weighted by molar-refractivity contribution is -0.113. The number of carbonyl (C=O) groups is 1. The Hall–Kier alpha value is -2.97. The van der Waals surface area contributed by atoms with Crippen LogP contribution in [0.2, 0.25) is 0 Å². The van der Waals surface area contributed by atoms with Crippen LogP contribution in [0.4, 0.5) is 5.69 Å². The predicted octanol–water partition coefficient (Wildman–Crippen LogP) is 4.89. The standard InChI is InChI=1S/C23H22N4O2S2/c1-4-27-22(29)21-20(19(26-31-21)16-10-8-14(2)9-11-16)25-23(27)30-13-18(28)24-17-7-5-6-15(3)12-17/h5-12H,4,13H2,1-3H3,(H,24,28). The van der Waals surface area contributed by atoms with Gasteiger partial charge in [-0.1, -0.05) is 53.7 Å². The van der Waals surface area contributed by atoms with Crippen LogP contribution in [0.25, 0.3) is 21.5 Å². The van der Waals surface area contributed by atoms with Crippen LogP contribution in [-0.4, -0.2) is 25.6 Å². The maximum Gasteiger partial charge on any atom is 0.273 e. The molecule has 0 atom stereocenters. The number of rotatable bonds is 6. The fraction of sp³-hybridized carbons (Fsp3) is 0.217. The van der Waals surface area contributed by atoms with E-state index in [1.54, 1.807) is 4.57 Å². The van der Waals surface area contributed by atoms with E-state index in [1.165, 1.54) is 23.3 Å². The molecule has 31 heavy (non-hydrogen) atoms. The molecule has 2 heterocycles. The highest BCUT2D eigenvalue weighted by atomic mass is 32.2. The summed E-state index contributed by atoms with van der Waals surface area (Å²) < 4.78 is 6.64. The van der Waals surface area contributed by atoms with Gasteiger partial charge in [-0.3, -0.25) is 14.2 Å². The smallest absolute Gasteiger partial charge is 0.273 e. The van der Waals surface area contributed by atoms with Crippen LogP contribution in [0.5, 0.6) is 0 Å². The number of benzene rings is 2. The molecule has 0 radical (unpaired) electrons. The number of fused-ring (bicyclic) bond motifs is 1. The Morgan fingerprint density at radius 1 is 1.13 bits per heavy atom. The number of amides is 1. The van der Waals surface area contributed by atoms with Gasteiger partial charge in [-0.05, 0) is 50.0 Å². The molecule has 158 valence electrons. The predicted molar refractivity (Wildman–Crippen MR) is 128 cm³/mol. The maximum atomic E-state index is 13.0. The summed E-state index contributed by atoms with van der Waals surface area (Å²) in [4.78, 5) is 30.2. The Morgan fingerprint density at radius 3 is 2.61 bits per heavy atom. The van der Waals surface area contributed by atoms with E-state index in [-0.39, 0.29) is 17.2 Å². The first kappa shape index (κ1) is 21.3. The minimum Gasteiger partial charge on any atom is -0.325 e. The van der Waals surface area contributed by atoms with Gasteiger partial charge in [0.15, 0.2) is 5.16 Å². The SMILES string of the molecule is CCn1c(SCC(=O)Nc2cccc(C)c2)nc2c(-c3ccc(C)cc3)nsc2c1=O. The molecule has 1 N–H and O–H groups in total. The summed E-state index contributed by atoms with van der Waals surface area (Å²) in [5, 5.41) is 3.42. The third-order valence-electron chi connectivity index (χ3n) is 4.82. The fourth-order valence-electron chi connectivity index (χ4n) is 3.23. The zero-order valence-corrected chi connectivity index (χ0v) is 19.1. The molecule has 0 aliphatic carbocycles. The van der Waals surface area contributed by atoms with Gasteiger partial charge in [-0.25, -0.2) is 4.98 Å². The van der Waals surface area contributed by atoms with Crippen molar-refractivity contribution in [3.8, 4) is 11.3 Å². The second kappa shape index (κ2) is 9.03. The number of anilines is 1.